The predicted octanol–water partition coefficient (Wildman–Crippen LogP) is 5.87. The minimum atomic E-state index is 0.394. The van der Waals surface area contributed by atoms with E-state index in [4.69, 9.17) is 32.7 Å². The van der Waals surface area contributed by atoms with Crippen LogP contribution in [0.3, 0.4) is 0 Å². The second kappa shape index (κ2) is 9.65. The van der Waals surface area contributed by atoms with E-state index in [1.54, 1.807) is 13.2 Å². The molecule has 1 N–H and O–H groups in total. The second-order valence-electron chi connectivity index (χ2n) is 6.08. The van der Waals surface area contributed by atoms with Gasteiger partial charge in [-0.3, -0.25) is 0 Å². The van der Waals surface area contributed by atoms with Crippen LogP contribution in [0.25, 0.3) is 0 Å². The molecule has 3 rings (SSSR count). The van der Waals surface area contributed by atoms with E-state index in [2.05, 4.69) is 23.5 Å². The van der Waals surface area contributed by atoms with Crippen molar-refractivity contribution in [2.45, 2.75) is 19.7 Å². The maximum Gasteiger partial charge on any atom is 0.124 e. The molecule has 0 heterocycles. The van der Waals surface area contributed by atoms with Crippen LogP contribution < -0.4 is 14.8 Å². The third kappa shape index (κ3) is 5.64. The molecular formula is C22H21Cl2NO2. The van der Waals surface area contributed by atoms with Crippen LogP contribution in [-0.2, 0) is 19.7 Å². The largest absolute Gasteiger partial charge is 0.497 e. The van der Waals surface area contributed by atoms with Crippen molar-refractivity contribution in [2.75, 3.05) is 7.11 Å². The molecule has 0 saturated heterocycles. The monoisotopic (exact) mass is 401 g/mol. The Morgan fingerprint density at radius 2 is 1.63 bits per heavy atom. The molecule has 0 aliphatic heterocycles. The quantitative estimate of drug-likeness (QED) is 0.511. The van der Waals surface area contributed by atoms with Crippen molar-refractivity contribution >= 4 is 23.2 Å². The molecule has 0 radical (unpaired) electrons. The number of para-hydroxylation sites is 1. The normalized spacial score (nSPS) is 10.6. The van der Waals surface area contributed by atoms with E-state index in [0.29, 0.717) is 23.2 Å². The van der Waals surface area contributed by atoms with E-state index in [1.807, 2.05) is 42.5 Å². The summed E-state index contributed by atoms with van der Waals surface area (Å²) in [6, 6.07) is 21.4. The van der Waals surface area contributed by atoms with Gasteiger partial charge in [0.15, 0.2) is 0 Å². The Morgan fingerprint density at radius 1 is 0.852 bits per heavy atom. The van der Waals surface area contributed by atoms with Crippen molar-refractivity contribution in [1.29, 1.82) is 0 Å². The molecular weight excluding hydrogens is 381 g/mol. The lowest BCUT2D eigenvalue weighted by Gasteiger charge is -2.13. The average Bonchev–Trinajstić information content (AvgIpc) is 2.69. The topological polar surface area (TPSA) is 30.5 Å². The number of methoxy groups -OCH3 is 1. The van der Waals surface area contributed by atoms with Crippen LogP contribution in [0.5, 0.6) is 11.5 Å². The van der Waals surface area contributed by atoms with Gasteiger partial charge < -0.3 is 14.8 Å². The van der Waals surface area contributed by atoms with Crippen molar-refractivity contribution in [1.82, 2.24) is 5.32 Å². The Hall–Kier alpha value is -2.20. The molecule has 3 aromatic carbocycles. The van der Waals surface area contributed by atoms with E-state index in [1.165, 1.54) is 5.56 Å². The van der Waals surface area contributed by atoms with Gasteiger partial charge >= 0.3 is 0 Å². The van der Waals surface area contributed by atoms with Crippen molar-refractivity contribution < 1.29 is 9.47 Å². The summed E-state index contributed by atoms with van der Waals surface area (Å²) in [6.07, 6.45) is 0. The number of rotatable bonds is 8. The average molecular weight is 402 g/mol. The van der Waals surface area contributed by atoms with E-state index in [9.17, 15) is 0 Å². The molecule has 3 nitrogen and oxygen atoms in total. The molecule has 27 heavy (non-hydrogen) atoms. The standard InChI is InChI=1S/C22H21Cl2NO2/c1-26-20-10-6-16(7-11-20)13-25-14-17-4-2-3-5-22(17)27-15-18-8-9-19(23)12-21(18)24/h2-12,25H,13-15H2,1H3. The molecule has 0 amide bonds. The van der Waals surface area contributed by atoms with Gasteiger partial charge in [-0.05, 0) is 35.9 Å². The summed E-state index contributed by atoms with van der Waals surface area (Å²) in [6.45, 7) is 1.86. The fraction of sp³-hybridized carbons (Fsp3) is 0.182. The van der Waals surface area contributed by atoms with Gasteiger partial charge in [0.05, 0.1) is 7.11 Å². The summed E-state index contributed by atoms with van der Waals surface area (Å²) in [7, 11) is 1.67. The van der Waals surface area contributed by atoms with Crippen molar-refractivity contribution in [3.8, 4) is 11.5 Å². The molecule has 140 valence electrons. The van der Waals surface area contributed by atoms with Gasteiger partial charge in [0.1, 0.15) is 18.1 Å². The number of hydrogen-bond donors (Lipinski definition) is 1. The van der Waals surface area contributed by atoms with E-state index in [-0.39, 0.29) is 0 Å². The van der Waals surface area contributed by atoms with Gasteiger partial charge in [-0.15, -0.1) is 0 Å². The zero-order valence-electron chi connectivity index (χ0n) is 15.0. The Morgan fingerprint density at radius 3 is 2.37 bits per heavy atom. The molecule has 0 spiro atoms. The minimum absolute atomic E-state index is 0.394. The zero-order valence-corrected chi connectivity index (χ0v) is 16.6. The fourth-order valence-electron chi connectivity index (χ4n) is 2.67. The molecule has 0 bridgehead atoms. The summed E-state index contributed by atoms with van der Waals surface area (Å²) in [5.41, 5.74) is 3.19. The van der Waals surface area contributed by atoms with E-state index >= 15 is 0 Å². The Kier molecular flexibility index (Phi) is 6.99. The number of nitrogens with one attached hydrogen (secondary N) is 1. The lowest BCUT2D eigenvalue weighted by atomic mass is 10.1. The molecule has 0 atom stereocenters. The van der Waals surface area contributed by atoms with Crippen LogP contribution in [0.2, 0.25) is 10.0 Å². The molecule has 0 unspecified atom stereocenters. The lowest BCUT2D eigenvalue weighted by Crippen LogP contribution is -2.13. The van der Waals surface area contributed by atoms with Crippen molar-refractivity contribution in [3.05, 3.63) is 93.5 Å². The highest BCUT2D eigenvalue weighted by atomic mass is 35.5. The van der Waals surface area contributed by atoms with Crippen molar-refractivity contribution in [2.24, 2.45) is 0 Å². The third-order valence-corrected chi connectivity index (χ3v) is 4.76. The highest BCUT2D eigenvalue weighted by Gasteiger charge is 2.06. The van der Waals surface area contributed by atoms with Crippen LogP contribution >= 0.6 is 23.2 Å². The smallest absolute Gasteiger partial charge is 0.124 e. The molecule has 0 aromatic heterocycles. The number of ether oxygens (including phenoxy) is 2. The van der Waals surface area contributed by atoms with Crippen LogP contribution in [0.1, 0.15) is 16.7 Å². The number of benzene rings is 3. The maximum absolute atomic E-state index is 6.22. The van der Waals surface area contributed by atoms with E-state index in [0.717, 1.165) is 29.2 Å². The Labute approximate surface area is 169 Å². The van der Waals surface area contributed by atoms with Gasteiger partial charge in [0, 0.05) is 34.3 Å². The zero-order chi connectivity index (χ0) is 19.1. The predicted molar refractivity (Wildman–Crippen MR) is 111 cm³/mol. The molecule has 5 heteroatoms. The summed E-state index contributed by atoms with van der Waals surface area (Å²) >= 11 is 12.2. The number of halogens is 2. The molecule has 0 fully saturated rings. The molecule has 0 saturated carbocycles. The summed E-state index contributed by atoms with van der Waals surface area (Å²) in [5.74, 6) is 1.70. The maximum atomic E-state index is 6.22. The highest BCUT2D eigenvalue weighted by Crippen LogP contribution is 2.24. The first kappa shape index (κ1) is 19.6. The highest BCUT2D eigenvalue weighted by molar-refractivity contribution is 6.35. The SMILES string of the molecule is COc1ccc(CNCc2ccccc2OCc2ccc(Cl)cc2Cl)cc1. The Balaban J connectivity index is 1.58. The van der Waals surface area contributed by atoms with Crippen LogP contribution in [0.15, 0.2) is 66.7 Å². The third-order valence-electron chi connectivity index (χ3n) is 4.17. The Bertz CT molecular complexity index is 882. The van der Waals surface area contributed by atoms with E-state index < -0.39 is 0 Å². The van der Waals surface area contributed by atoms with Gasteiger partial charge in [0.2, 0.25) is 0 Å². The number of hydrogen-bond acceptors (Lipinski definition) is 3. The second-order valence-corrected chi connectivity index (χ2v) is 6.93. The van der Waals surface area contributed by atoms with Gasteiger partial charge in [0.25, 0.3) is 0 Å². The first-order chi connectivity index (χ1) is 13.2. The fourth-order valence-corrected chi connectivity index (χ4v) is 3.13. The molecule has 3 aromatic rings. The lowest BCUT2D eigenvalue weighted by molar-refractivity contribution is 0.302. The van der Waals surface area contributed by atoms with Crippen LogP contribution in [0.4, 0.5) is 0 Å². The first-order valence-electron chi connectivity index (χ1n) is 8.64. The summed E-state index contributed by atoms with van der Waals surface area (Å²) < 4.78 is 11.2. The molecule has 0 aliphatic rings. The van der Waals surface area contributed by atoms with Crippen molar-refractivity contribution in [3.63, 3.8) is 0 Å². The van der Waals surface area contributed by atoms with Crippen LogP contribution in [0, 0.1) is 0 Å². The first-order valence-corrected chi connectivity index (χ1v) is 9.39. The summed E-state index contributed by atoms with van der Waals surface area (Å²) in [4.78, 5) is 0. The molecule has 0 aliphatic carbocycles. The van der Waals surface area contributed by atoms with Crippen LogP contribution in [-0.4, -0.2) is 7.11 Å². The summed E-state index contributed by atoms with van der Waals surface area (Å²) in [5, 5.41) is 4.67. The van der Waals surface area contributed by atoms with Gasteiger partial charge in [-0.25, -0.2) is 0 Å². The minimum Gasteiger partial charge on any atom is -0.497 e. The van der Waals surface area contributed by atoms with Gasteiger partial charge in [-0.1, -0.05) is 59.6 Å². The van der Waals surface area contributed by atoms with Gasteiger partial charge in [-0.2, -0.15) is 0 Å².